The van der Waals surface area contributed by atoms with E-state index in [0.29, 0.717) is 6.54 Å². The number of hydrogen-bond donors (Lipinski definition) is 2. The molecule has 4 rings (SSSR count). The SMILES string of the molecule is Cn1c(=O)[nH]c(=O)c2cc(S(=O)(=O)N3C4CCNCC3CC4)cnc21. The highest BCUT2D eigenvalue weighted by Crippen LogP contribution is 2.33. The number of rotatable bonds is 2. The lowest BCUT2D eigenvalue weighted by Crippen LogP contribution is -2.42. The maximum absolute atomic E-state index is 13.2. The average Bonchev–Trinajstić information content (AvgIpc) is 2.86. The van der Waals surface area contributed by atoms with Crippen molar-refractivity contribution in [1.29, 1.82) is 0 Å². The Morgan fingerprint density at radius 3 is 2.76 bits per heavy atom. The van der Waals surface area contributed by atoms with E-state index < -0.39 is 21.3 Å². The van der Waals surface area contributed by atoms with Crippen LogP contribution in [0.5, 0.6) is 0 Å². The molecule has 10 heteroatoms. The smallest absolute Gasteiger partial charge is 0.315 e. The standard InChI is InChI=1S/C15H19N5O4S/c1-19-13-12(14(21)18-15(19)22)6-11(8-17-13)25(23,24)20-9-2-3-10(20)7-16-5-4-9/h6,8-10,16H,2-5,7H2,1H3,(H,18,21,22). The number of pyridine rings is 1. The van der Waals surface area contributed by atoms with Gasteiger partial charge in [-0.05, 0) is 31.9 Å². The van der Waals surface area contributed by atoms with Crippen molar-refractivity contribution in [1.82, 2.24) is 24.2 Å². The first-order valence-corrected chi connectivity index (χ1v) is 9.67. The van der Waals surface area contributed by atoms with Crippen LogP contribution >= 0.6 is 0 Å². The van der Waals surface area contributed by atoms with Gasteiger partial charge in [0.25, 0.3) is 5.56 Å². The maximum atomic E-state index is 13.2. The molecule has 2 atom stereocenters. The van der Waals surface area contributed by atoms with Crippen LogP contribution in [0.4, 0.5) is 0 Å². The Balaban J connectivity index is 1.86. The second-order valence-electron chi connectivity index (χ2n) is 6.57. The van der Waals surface area contributed by atoms with E-state index in [0.717, 1.165) is 25.8 Å². The van der Waals surface area contributed by atoms with E-state index in [-0.39, 0.29) is 28.0 Å². The molecule has 134 valence electrons. The first-order valence-electron chi connectivity index (χ1n) is 8.23. The van der Waals surface area contributed by atoms with Crippen molar-refractivity contribution in [2.45, 2.75) is 36.2 Å². The zero-order valence-electron chi connectivity index (χ0n) is 13.7. The summed E-state index contributed by atoms with van der Waals surface area (Å²) in [5, 5.41) is 3.36. The second-order valence-corrected chi connectivity index (χ2v) is 8.42. The number of sulfonamides is 1. The van der Waals surface area contributed by atoms with Gasteiger partial charge in [0, 0.05) is 31.9 Å². The van der Waals surface area contributed by atoms with Crippen molar-refractivity contribution in [3.63, 3.8) is 0 Å². The number of nitrogens with one attached hydrogen (secondary N) is 2. The Morgan fingerprint density at radius 1 is 1.20 bits per heavy atom. The molecule has 2 fully saturated rings. The van der Waals surface area contributed by atoms with Crippen LogP contribution in [0.25, 0.3) is 11.0 Å². The minimum absolute atomic E-state index is 0.0112. The van der Waals surface area contributed by atoms with Crippen LogP contribution in [0.2, 0.25) is 0 Å². The molecular weight excluding hydrogens is 346 g/mol. The van der Waals surface area contributed by atoms with E-state index >= 15 is 0 Å². The van der Waals surface area contributed by atoms with Gasteiger partial charge in [0.1, 0.15) is 10.5 Å². The Kier molecular flexibility index (Phi) is 3.78. The van der Waals surface area contributed by atoms with Crippen LogP contribution in [0, 0.1) is 0 Å². The van der Waals surface area contributed by atoms with Gasteiger partial charge in [0.05, 0.1) is 5.39 Å². The number of aromatic nitrogens is 3. The number of hydrogen-bond acceptors (Lipinski definition) is 6. The molecule has 2 aliphatic rings. The Labute approximate surface area is 143 Å². The lowest BCUT2D eigenvalue weighted by Gasteiger charge is -2.26. The van der Waals surface area contributed by atoms with E-state index in [4.69, 9.17) is 0 Å². The quantitative estimate of drug-likeness (QED) is 0.715. The van der Waals surface area contributed by atoms with E-state index in [1.54, 1.807) is 4.31 Å². The molecule has 0 radical (unpaired) electrons. The van der Waals surface area contributed by atoms with Gasteiger partial charge in [-0.25, -0.2) is 18.2 Å². The summed E-state index contributed by atoms with van der Waals surface area (Å²) in [6, 6.07) is 1.21. The molecule has 0 amide bonds. The lowest BCUT2D eigenvalue weighted by atomic mass is 10.1. The fourth-order valence-corrected chi connectivity index (χ4v) is 5.68. The predicted molar refractivity (Wildman–Crippen MR) is 90.9 cm³/mol. The van der Waals surface area contributed by atoms with Gasteiger partial charge in [-0.1, -0.05) is 0 Å². The summed E-state index contributed by atoms with van der Waals surface area (Å²) in [5.74, 6) is 0. The van der Waals surface area contributed by atoms with Gasteiger partial charge in [-0.15, -0.1) is 0 Å². The van der Waals surface area contributed by atoms with E-state index in [2.05, 4.69) is 15.3 Å². The minimum Gasteiger partial charge on any atom is -0.315 e. The zero-order valence-corrected chi connectivity index (χ0v) is 14.5. The Morgan fingerprint density at radius 2 is 1.96 bits per heavy atom. The van der Waals surface area contributed by atoms with Crippen LogP contribution in [-0.4, -0.2) is 52.4 Å². The van der Waals surface area contributed by atoms with Crippen LogP contribution < -0.4 is 16.6 Å². The fourth-order valence-electron chi connectivity index (χ4n) is 3.81. The highest BCUT2D eigenvalue weighted by molar-refractivity contribution is 7.89. The molecule has 9 nitrogen and oxygen atoms in total. The summed E-state index contributed by atoms with van der Waals surface area (Å²) >= 11 is 0. The molecular formula is C15H19N5O4S. The van der Waals surface area contributed by atoms with Crippen molar-refractivity contribution in [2.24, 2.45) is 7.05 Å². The van der Waals surface area contributed by atoms with Crippen LogP contribution in [0.3, 0.4) is 0 Å². The summed E-state index contributed by atoms with van der Waals surface area (Å²) in [6.07, 6.45) is 3.68. The molecule has 2 saturated heterocycles. The average molecular weight is 365 g/mol. The van der Waals surface area contributed by atoms with E-state index in [1.165, 1.54) is 23.9 Å². The van der Waals surface area contributed by atoms with Gasteiger partial charge in [0.2, 0.25) is 10.0 Å². The van der Waals surface area contributed by atoms with Crippen molar-refractivity contribution >= 4 is 21.1 Å². The van der Waals surface area contributed by atoms with Gasteiger partial charge in [-0.2, -0.15) is 4.31 Å². The van der Waals surface area contributed by atoms with Gasteiger partial charge in [0.15, 0.2) is 0 Å². The fraction of sp³-hybridized carbons (Fsp3) is 0.533. The van der Waals surface area contributed by atoms with E-state index in [9.17, 15) is 18.0 Å². The molecule has 0 aliphatic carbocycles. The Bertz CT molecular complexity index is 1040. The summed E-state index contributed by atoms with van der Waals surface area (Å²) in [7, 11) is -2.29. The minimum atomic E-state index is -3.76. The number of aryl methyl sites for hydroxylation is 1. The van der Waals surface area contributed by atoms with Crippen molar-refractivity contribution < 1.29 is 8.42 Å². The zero-order chi connectivity index (χ0) is 17.8. The number of H-pyrrole nitrogens is 1. The number of aromatic amines is 1. The van der Waals surface area contributed by atoms with Gasteiger partial charge in [-0.3, -0.25) is 14.3 Å². The second kappa shape index (κ2) is 5.75. The third-order valence-electron chi connectivity index (χ3n) is 5.09. The lowest BCUT2D eigenvalue weighted by molar-refractivity contribution is 0.334. The molecule has 4 heterocycles. The molecule has 25 heavy (non-hydrogen) atoms. The normalized spacial score (nSPS) is 24.5. The third-order valence-corrected chi connectivity index (χ3v) is 7.06. The van der Waals surface area contributed by atoms with Crippen molar-refractivity contribution in [3.05, 3.63) is 33.1 Å². The monoisotopic (exact) mass is 365 g/mol. The maximum Gasteiger partial charge on any atom is 0.329 e. The molecule has 2 bridgehead atoms. The van der Waals surface area contributed by atoms with Gasteiger partial charge >= 0.3 is 5.69 Å². The first kappa shape index (κ1) is 16.4. The third kappa shape index (κ3) is 2.52. The van der Waals surface area contributed by atoms with Crippen LogP contribution in [0.1, 0.15) is 19.3 Å². The molecule has 2 N–H and O–H groups in total. The van der Waals surface area contributed by atoms with Crippen LogP contribution in [0.15, 0.2) is 26.7 Å². The summed E-state index contributed by atoms with van der Waals surface area (Å²) < 4.78 is 29.1. The largest absolute Gasteiger partial charge is 0.329 e. The van der Waals surface area contributed by atoms with Crippen LogP contribution in [-0.2, 0) is 17.1 Å². The molecule has 2 aliphatic heterocycles. The van der Waals surface area contributed by atoms with Crippen molar-refractivity contribution in [3.8, 4) is 0 Å². The molecule has 2 aromatic heterocycles. The molecule has 2 unspecified atom stereocenters. The number of nitrogens with zero attached hydrogens (tertiary/aromatic N) is 3. The predicted octanol–water partition coefficient (Wildman–Crippen LogP) is -0.863. The Hall–Kier alpha value is -2.04. The molecule has 0 saturated carbocycles. The van der Waals surface area contributed by atoms with Crippen molar-refractivity contribution in [2.75, 3.05) is 13.1 Å². The highest BCUT2D eigenvalue weighted by Gasteiger charge is 2.43. The molecule has 0 aromatic carbocycles. The van der Waals surface area contributed by atoms with E-state index in [1.807, 2.05) is 0 Å². The summed E-state index contributed by atoms with van der Waals surface area (Å²) in [6.45, 7) is 1.43. The summed E-state index contributed by atoms with van der Waals surface area (Å²) in [4.78, 5) is 30.0. The molecule has 0 spiro atoms. The van der Waals surface area contributed by atoms with Gasteiger partial charge < -0.3 is 5.32 Å². The topological polar surface area (TPSA) is 117 Å². The summed E-state index contributed by atoms with van der Waals surface area (Å²) in [5.41, 5.74) is -1.06. The highest BCUT2D eigenvalue weighted by atomic mass is 32.2. The first-order chi connectivity index (χ1) is 11.9. The molecule has 2 aromatic rings. The number of fused-ring (bicyclic) bond motifs is 3.